The third-order valence-corrected chi connectivity index (χ3v) is 5.21. The molecule has 1 fully saturated rings. The highest BCUT2D eigenvalue weighted by Crippen LogP contribution is 2.31. The lowest BCUT2D eigenvalue weighted by Gasteiger charge is -2.35. The van der Waals surface area contributed by atoms with Gasteiger partial charge in [-0.05, 0) is 25.3 Å². The lowest BCUT2D eigenvalue weighted by molar-refractivity contribution is -0.139. The van der Waals surface area contributed by atoms with Gasteiger partial charge in [-0.3, -0.25) is 4.79 Å². The van der Waals surface area contributed by atoms with Gasteiger partial charge in [-0.15, -0.1) is 0 Å². The highest BCUT2D eigenvalue weighted by atomic mass is 35.5. The Balaban J connectivity index is 1.68. The van der Waals surface area contributed by atoms with E-state index in [0.29, 0.717) is 34.5 Å². The number of nitrogens with one attached hydrogen (secondary N) is 2. The molecule has 0 aliphatic carbocycles. The van der Waals surface area contributed by atoms with Crippen LogP contribution in [0.25, 0.3) is 22.4 Å². The number of alkyl halides is 3. The normalized spacial score (nSPS) is 17.2. The van der Waals surface area contributed by atoms with E-state index in [0.717, 1.165) is 6.20 Å². The Morgan fingerprint density at radius 1 is 1.29 bits per heavy atom. The number of anilines is 1. The summed E-state index contributed by atoms with van der Waals surface area (Å²) in [5.74, 6) is -1.55. The predicted octanol–water partition coefficient (Wildman–Crippen LogP) is 3.85. The number of pyridine rings is 1. The summed E-state index contributed by atoms with van der Waals surface area (Å²) in [5.41, 5.74) is 1.07. The lowest BCUT2D eigenvalue weighted by Crippen LogP contribution is -2.51. The van der Waals surface area contributed by atoms with Crippen LogP contribution in [0.4, 0.5) is 23.4 Å². The van der Waals surface area contributed by atoms with Crippen molar-refractivity contribution in [2.24, 2.45) is 0 Å². The molecule has 7 nitrogen and oxygen atoms in total. The number of hydrogen-bond donors (Lipinski definition) is 2. The smallest absolute Gasteiger partial charge is 0.345 e. The van der Waals surface area contributed by atoms with Crippen molar-refractivity contribution >= 4 is 34.4 Å². The molecule has 31 heavy (non-hydrogen) atoms. The van der Waals surface area contributed by atoms with Crippen LogP contribution in [0, 0.1) is 5.82 Å². The van der Waals surface area contributed by atoms with Crippen LogP contribution in [0.5, 0.6) is 0 Å². The molecular weight excluding hydrogens is 440 g/mol. The third-order valence-electron chi connectivity index (χ3n) is 5.00. The van der Waals surface area contributed by atoms with Gasteiger partial charge in [-0.1, -0.05) is 11.6 Å². The van der Waals surface area contributed by atoms with Crippen molar-refractivity contribution in [2.45, 2.75) is 31.5 Å². The van der Waals surface area contributed by atoms with Crippen LogP contribution in [0.3, 0.4) is 0 Å². The van der Waals surface area contributed by atoms with Crippen LogP contribution < -0.4 is 10.2 Å². The lowest BCUT2D eigenvalue weighted by atomic mass is 10.0. The highest BCUT2D eigenvalue weighted by molar-refractivity contribution is 6.31. The van der Waals surface area contributed by atoms with Crippen LogP contribution in [-0.4, -0.2) is 51.2 Å². The number of rotatable bonds is 4. The maximum absolute atomic E-state index is 14.7. The van der Waals surface area contributed by atoms with Crippen molar-refractivity contribution in [3.8, 4) is 11.4 Å². The fourth-order valence-corrected chi connectivity index (χ4v) is 3.77. The van der Waals surface area contributed by atoms with Crippen molar-refractivity contribution in [3.63, 3.8) is 0 Å². The number of carbonyl (C=O) groups is 1. The fourth-order valence-electron chi connectivity index (χ4n) is 3.61. The summed E-state index contributed by atoms with van der Waals surface area (Å²) >= 11 is 6.02. The van der Waals surface area contributed by atoms with Crippen LogP contribution >= 0.6 is 11.6 Å². The summed E-state index contributed by atoms with van der Waals surface area (Å²) in [6, 6.07) is 0.698. The van der Waals surface area contributed by atoms with Crippen LogP contribution in [-0.2, 0) is 4.79 Å². The molecule has 1 aliphatic heterocycles. The van der Waals surface area contributed by atoms with E-state index < -0.39 is 30.5 Å². The van der Waals surface area contributed by atoms with Gasteiger partial charge in [0.05, 0.1) is 11.2 Å². The minimum atomic E-state index is -4.53. The Labute approximate surface area is 178 Å². The number of nitrogens with zero attached hydrogens (tertiary/aromatic N) is 4. The minimum Gasteiger partial charge on any atom is -0.345 e. The standard InChI is InChI=1S/C19H17ClF4N6O/c20-10-5-11-12(7-26-15(11)25-6-10)16-27-8-13(21)17(29-16)30-4-2-1-3-14(30)18(31)28-9-19(22,23)24/h5-8,14H,1-4,9H2,(H,25,26)(H,28,31)/t14-/m1/s1. The van der Waals surface area contributed by atoms with Gasteiger partial charge in [-0.2, -0.15) is 13.2 Å². The Kier molecular flexibility index (Phi) is 5.69. The Bertz CT molecular complexity index is 1120. The molecule has 0 saturated carbocycles. The Morgan fingerprint density at radius 2 is 2.10 bits per heavy atom. The summed E-state index contributed by atoms with van der Waals surface area (Å²) in [5, 5.41) is 2.91. The van der Waals surface area contributed by atoms with E-state index >= 15 is 0 Å². The number of hydrogen-bond acceptors (Lipinski definition) is 5. The molecule has 164 valence electrons. The zero-order valence-electron chi connectivity index (χ0n) is 16.0. The van der Waals surface area contributed by atoms with E-state index in [4.69, 9.17) is 11.6 Å². The summed E-state index contributed by atoms with van der Waals surface area (Å²) in [6.45, 7) is -1.17. The largest absolute Gasteiger partial charge is 0.405 e. The average molecular weight is 457 g/mol. The van der Waals surface area contributed by atoms with Crippen molar-refractivity contribution in [2.75, 3.05) is 18.0 Å². The van der Waals surface area contributed by atoms with Gasteiger partial charge in [0.2, 0.25) is 5.91 Å². The molecule has 1 aliphatic rings. The molecule has 4 rings (SSSR count). The van der Waals surface area contributed by atoms with Gasteiger partial charge in [0, 0.05) is 29.9 Å². The molecule has 1 amide bonds. The molecule has 0 bridgehead atoms. The third kappa shape index (κ3) is 4.55. The first kappa shape index (κ1) is 21.3. The molecule has 1 saturated heterocycles. The number of H-pyrrole nitrogens is 1. The SMILES string of the molecule is O=C(NCC(F)(F)F)[C@H]1CCCCN1c1nc(-c2c[nH]c3ncc(Cl)cc23)ncc1F. The number of amides is 1. The summed E-state index contributed by atoms with van der Waals surface area (Å²) in [6.07, 6.45) is 1.09. The van der Waals surface area contributed by atoms with E-state index in [1.54, 1.807) is 12.3 Å². The van der Waals surface area contributed by atoms with Crippen LogP contribution in [0.15, 0.2) is 24.7 Å². The number of aromatic nitrogens is 4. The zero-order valence-corrected chi connectivity index (χ0v) is 16.8. The maximum atomic E-state index is 14.7. The highest BCUT2D eigenvalue weighted by Gasteiger charge is 2.34. The van der Waals surface area contributed by atoms with E-state index in [-0.39, 0.29) is 24.6 Å². The first-order valence-electron chi connectivity index (χ1n) is 9.49. The topological polar surface area (TPSA) is 86.8 Å². The fraction of sp³-hybridized carbons (Fsp3) is 0.368. The van der Waals surface area contributed by atoms with Crippen molar-refractivity contribution in [3.05, 3.63) is 35.5 Å². The predicted molar refractivity (Wildman–Crippen MR) is 106 cm³/mol. The van der Waals surface area contributed by atoms with Gasteiger partial charge in [0.1, 0.15) is 18.2 Å². The number of piperidine rings is 1. The second-order valence-corrected chi connectivity index (χ2v) is 7.59. The number of halogens is 5. The van der Waals surface area contributed by atoms with E-state index in [2.05, 4.69) is 19.9 Å². The second-order valence-electron chi connectivity index (χ2n) is 7.16. The molecule has 0 aromatic carbocycles. The Hall–Kier alpha value is -2.95. The number of aromatic amines is 1. The monoisotopic (exact) mass is 456 g/mol. The van der Waals surface area contributed by atoms with Gasteiger partial charge in [0.25, 0.3) is 0 Å². The molecule has 1 atom stereocenters. The summed E-state index contributed by atoms with van der Waals surface area (Å²) in [7, 11) is 0. The molecule has 0 unspecified atom stereocenters. The van der Waals surface area contributed by atoms with Crippen molar-refractivity contribution in [1.82, 2.24) is 25.3 Å². The van der Waals surface area contributed by atoms with Gasteiger partial charge in [-0.25, -0.2) is 19.3 Å². The van der Waals surface area contributed by atoms with Crippen molar-refractivity contribution in [1.29, 1.82) is 0 Å². The second kappa shape index (κ2) is 8.29. The molecule has 0 radical (unpaired) electrons. The zero-order chi connectivity index (χ0) is 22.2. The summed E-state index contributed by atoms with van der Waals surface area (Å²) < 4.78 is 52.2. The molecule has 12 heteroatoms. The van der Waals surface area contributed by atoms with Gasteiger partial charge >= 0.3 is 6.18 Å². The number of carbonyl (C=O) groups excluding carboxylic acids is 1. The maximum Gasteiger partial charge on any atom is 0.405 e. The molecular formula is C19H17ClF4N6O. The first-order chi connectivity index (χ1) is 14.7. The first-order valence-corrected chi connectivity index (χ1v) is 9.87. The van der Waals surface area contributed by atoms with Crippen molar-refractivity contribution < 1.29 is 22.4 Å². The molecule has 3 aromatic rings. The van der Waals surface area contributed by atoms with Gasteiger partial charge in [0.15, 0.2) is 17.5 Å². The van der Waals surface area contributed by atoms with E-state index in [9.17, 15) is 22.4 Å². The van der Waals surface area contributed by atoms with E-state index in [1.165, 1.54) is 11.1 Å². The van der Waals surface area contributed by atoms with Crippen LogP contribution in [0.1, 0.15) is 19.3 Å². The van der Waals surface area contributed by atoms with Gasteiger partial charge < -0.3 is 15.2 Å². The molecule has 4 heterocycles. The van der Waals surface area contributed by atoms with E-state index in [1.807, 2.05) is 5.32 Å². The minimum absolute atomic E-state index is 0.138. The van der Waals surface area contributed by atoms with Crippen LogP contribution in [0.2, 0.25) is 5.02 Å². The number of fused-ring (bicyclic) bond motifs is 1. The molecule has 0 spiro atoms. The average Bonchev–Trinajstić information content (AvgIpc) is 3.15. The molecule has 3 aromatic heterocycles. The molecule has 2 N–H and O–H groups in total. The quantitative estimate of drug-likeness (QED) is 0.582. The Morgan fingerprint density at radius 3 is 2.87 bits per heavy atom. The summed E-state index contributed by atoms with van der Waals surface area (Å²) in [4.78, 5) is 29.3.